The highest BCUT2D eigenvalue weighted by Crippen LogP contribution is 2.39. The summed E-state index contributed by atoms with van der Waals surface area (Å²) in [4.78, 5) is 0. The Morgan fingerprint density at radius 3 is 2.06 bits per heavy atom. The van der Waals surface area contributed by atoms with Crippen molar-refractivity contribution in [3.63, 3.8) is 0 Å². The average molecular weight is 256 g/mol. The zero-order valence-corrected chi connectivity index (χ0v) is 13.0. The second-order valence-corrected chi connectivity index (χ2v) is 7.73. The second kappa shape index (κ2) is 7.18. The van der Waals surface area contributed by atoms with Crippen molar-refractivity contribution < 1.29 is 10.2 Å². The number of hydrogen-bond donors (Lipinski definition) is 2. The molecule has 2 nitrogen and oxygen atoms in total. The van der Waals surface area contributed by atoms with Gasteiger partial charge in [0.05, 0.1) is 6.26 Å². The first-order valence-electron chi connectivity index (χ1n) is 7.01. The molecular formula is C16H32O2. The van der Waals surface area contributed by atoms with Gasteiger partial charge >= 0.3 is 0 Å². The van der Waals surface area contributed by atoms with E-state index in [4.69, 9.17) is 5.11 Å². The van der Waals surface area contributed by atoms with Crippen LogP contribution in [0.5, 0.6) is 0 Å². The van der Waals surface area contributed by atoms with Crippen LogP contribution in [0.25, 0.3) is 0 Å². The summed E-state index contributed by atoms with van der Waals surface area (Å²) in [6.45, 7) is 13.8. The fourth-order valence-corrected chi connectivity index (χ4v) is 3.39. The van der Waals surface area contributed by atoms with Gasteiger partial charge in [0.25, 0.3) is 0 Å². The van der Waals surface area contributed by atoms with Gasteiger partial charge in [-0.3, -0.25) is 0 Å². The minimum atomic E-state index is 0.0791. The van der Waals surface area contributed by atoms with E-state index in [0.29, 0.717) is 16.7 Å². The maximum atomic E-state index is 9.23. The third-order valence-electron chi connectivity index (χ3n) is 3.21. The quantitative estimate of drug-likeness (QED) is 0.656. The zero-order chi connectivity index (χ0) is 14.4. The third-order valence-corrected chi connectivity index (χ3v) is 3.21. The molecule has 2 atom stereocenters. The molecule has 108 valence electrons. The lowest BCUT2D eigenvalue weighted by Gasteiger charge is -2.35. The summed E-state index contributed by atoms with van der Waals surface area (Å²) in [5, 5.41) is 18.0. The monoisotopic (exact) mass is 256 g/mol. The van der Waals surface area contributed by atoms with Gasteiger partial charge in [-0.2, -0.15) is 0 Å². The minimum absolute atomic E-state index is 0.0791. The van der Waals surface area contributed by atoms with E-state index in [1.54, 1.807) is 6.08 Å². The maximum Gasteiger partial charge on any atom is 0.0755 e. The second-order valence-electron chi connectivity index (χ2n) is 7.73. The SMILES string of the molecule is CC(CC(C=CO)CO)CC(C)(C)CC(C)(C)C. The van der Waals surface area contributed by atoms with Crippen molar-refractivity contribution >= 4 is 0 Å². The molecule has 0 spiro atoms. The van der Waals surface area contributed by atoms with Crippen LogP contribution in [0.2, 0.25) is 0 Å². The summed E-state index contributed by atoms with van der Waals surface area (Å²) in [6, 6.07) is 0. The first kappa shape index (κ1) is 17.5. The van der Waals surface area contributed by atoms with Crippen molar-refractivity contribution in [3.8, 4) is 0 Å². The van der Waals surface area contributed by atoms with Crippen LogP contribution in [0.4, 0.5) is 0 Å². The van der Waals surface area contributed by atoms with Crippen molar-refractivity contribution in [2.45, 2.75) is 60.8 Å². The number of rotatable bonds is 7. The van der Waals surface area contributed by atoms with Crippen molar-refractivity contribution in [3.05, 3.63) is 12.3 Å². The van der Waals surface area contributed by atoms with Crippen LogP contribution in [-0.2, 0) is 0 Å². The van der Waals surface area contributed by atoms with Crippen LogP contribution < -0.4 is 0 Å². The molecule has 0 aliphatic heterocycles. The lowest BCUT2D eigenvalue weighted by Crippen LogP contribution is -2.24. The first-order chi connectivity index (χ1) is 8.09. The largest absolute Gasteiger partial charge is 0.516 e. The lowest BCUT2D eigenvalue weighted by atomic mass is 9.71. The van der Waals surface area contributed by atoms with E-state index in [-0.39, 0.29) is 12.5 Å². The molecular weight excluding hydrogens is 224 g/mol. The molecule has 0 aromatic heterocycles. The van der Waals surface area contributed by atoms with E-state index >= 15 is 0 Å². The van der Waals surface area contributed by atoms with Crippen molar-refractivity contribution in [1.29, 1.82) is 0 Å². The lowest BCUT2D eigenvalue weighted by molar-refractivity contribution is 0.157. The van der Waals surface area contributed by atoms with Crippen LogP contribution in [0, 0.1) is 22.7 Å². The topological polar surface area (TPSA) is 40.5 Å². The molecule has 2 unspecified atom stereocenters. The molecule has 0 aliphatic rings. The van der Waals surface area contributed by atoms with Crippen LogP contribution in [0.15, 0.2) is 12.3 Å². The molecule has 0 aromatic rings. The predicted molar refractivity (Wildman–Crippen MR) is 78.6 cm³/mol. The molecule has 2 N–H and O–H groups in total. The highest BCUT2D eigenvalue weighted by molar-refractivity contribution is 4.85. The molecule has 0 aromatic carbocycles. The standard InChI is InChI=1S/C16H32O2/c1-13(9-14(11-18)7-8-17)10-16(5,6)12-15(2,3)4/h7-8,13-14,17-18H,9-12H2,1-6H3. The van der Waals surface area contributed by atoms with E-state index in [9.17, 15) is 5.11 Å². The number of aliphatic hydroxyl groups is 2. The fraction of sp³-hybridized carbons (Fsp3) is 0.875. The van der Waals surface area contributed by atoms with E-state index in [2.05, 4.69) is 41.5 Å². The van der Waals surface area contributed by atoms with Gasteiger partial charge in [-0.15, -0.1) is 0 Å². The normalized spacial score (nSPS) is 17.1. The molecule has 0 saturated carbocycles. The van der Waals surface area contributed by atoms with Crippen molar-refractivity contribution in [1.82, 2.24) is 0 Å². The summed E-state index contributed by atoms with van der Waals surface area (Å²) >= 11 is 0. The van der Waals surface area contributed by atoms with Gasteiger partial charge in [-0.05, 0) is 42.1 Å². The first-order valence-corrected chi connectivity index (χ1v) is 7.01. The van der Waals surface area contributed by atoms with Gasteiger partial charge in [-0.1, -0.05) is 41.5 Å². The van der Waals surface area contributed by atoms with Crippen LogP contribution in [-0.4, -0.2) is 16.8 Å². The molecule has 0 saturated heterocycles. The molecule has 0 amide bonds. The Hall–Kier alpha value is -0.500. The Labute approximate surface area is 113 Å². The molecule has 0 bridgehead atoms. The average Bonchev–Trinajstić information content (AvgIpc) is 2.11. The van der Waals surface area contributed by atoms with Gasteiger partial charge in [0, 0.05) is 12.5 Å². The zero-order valence-electron chi connectivity index (χ0n) is 13.0. The highest BCUT2D eigenvalue weighted by atomic mass is 16.3. The van der Waals surface area contributed by atoms with E-state index in [0.717, 1.165) is 19.1 Å². The summed E-state index contributed by atoms with van der Waals surface area (Å²) in [6.07, 6.45) is 6.02. The van der Waals surface area contributed by atoms with E-state index < -0.39 is 0 Å². The summed E-state index contributed by atoms with van der Waals surface area (Å²) in [5.41, 5.74) is 0.672. The van der Waals surface area contributed by atoms with Crippen molar-refractivity contribution in [2.75, 3.05) is 6.61 Å². The molecule has 2 heteroatoms. The number of aliphatic hydroxyl groups excluding tert-OH is 2. The molecule has 0 rings (SSSR count). The van der Waals surface area contributed by atoms with Gasteiger partial charge in [-0.25, -0.2) is 0 Å². The number of hydrogen-bond acceptors (Lipinski definition) is 2. The van der Waals surface area contributed by atoms with E-state index in [1.165, 1.54) is 6.42 Å². The smallest absolute Gasteiger partial charge is 0.0755 e. The molecule has 18 heavy (non-hydrogen) atoms. The Morgan fingerprint density at radius 1 is 1.11 bits per heavy atom. The Kier molecular flexibility index (Phi) is 6.98. The molecule has 0 aliphatic carbocycles. The van der Waals surface area contributed by atoms with Crippen LogP contribution >= 0.6 is 0 Å². The third kappa shape index (κ3) is 8.57. The summed E-state index contributed by atoms with van der Waals surface area (Å²) in [7, 11) is 0. The Bertz CT molecular complexity index is 248. The van der Waals surface area contributed by atoms with Gasteiger partial charge in [0.15, 0.2) is 0 Å². The summed E-state index contributed by atoms with van der Waals surface area (Å²) in [5.74, 6) is 0.631. The Balaban J connectivity index is 4.32. The molecule has 0 radical (unpaired) electrons. The summed E-state index contributed by atoms with van der Waals surface area (Å²) < 4.78 is 0. The molecule has 0 heterocycles. The molecule has 0 fully saturated rings. The van der Waals surface area contributed by atoms with Crippen molar-refractivity contribution in [2.24, 2.45) is 22.7 Å². The highest BCUT2D eigenvalue weighted by Gasteiger charge is 2.27. The fourth-order valence-electron chi connectivity index (χ4n) is 3.39. The van der Waals surface area contributed by atoms with Crippen LogP contribution in [0.3, 0.4) is 0 Å². The maximum absolute atomic E-state index is 9.23. The van der Waals surface area contributed by atoms with Gasteiger partial charge in [0.2, 0.25) is 0 Å². The predicted octanol–water partition coefficient (Wildman–Crippen LogP) is 4.55. The van der Waals surface area contributed by atoms with Gasteiger partial charge in [0.1, 0.15) is 0 Å². The minimum Gasteiger partial charge on any atom is -0.516 e. The van der Waals surface area contributed by atoms with Crippen LogP contribution in [0.1, 0.15) is 60.8 Å². The Morgan fingerprint density at radius 2 is 1.67 bits per heavy atom. The van der Waals surface area contributed by atoms with Gasteiger partial charge < -0.3 is 10.2 Å². The van der Waals surface area contributed by atoms with E-state index in [1.807, 2.05) is 0 Å².